The molecule has 4 aromatic rings. The van der Waals surface area contributed by atoms with E-state index in [4.69, 9.17) is 41.0 Å². The number of allylic oxidation sites excluding steroid dienone is 2. The summed E-state index contributed by atoms with van der Waals surface area (Å²) in [5.74, 6) is -2.85. The van der Waals surface area contributed by atoms with Gasteiger partial charge in [-0.15, -0.1) is 0 Å². The smallest absolute Gasteiger partial charge is 0.394 e. The van der Waals surface area contributed by atoms with Gasteiger partial charge in [0.05, 0.1) is 80.5 Å². The highest BCUT2D eigenvalue weighted by molar-refractivity contribution is 8.00. The van der Waals surface area contributed by atoms with Crippen LogP contribution in [0.3, 0.4) is 0 Å². The molecule has 28 heteroatoms. The maximum absolute atomic E-state index is 15.1. The van der Waals surface area contributed by atoms with Crippen molar-refractivity contribution in [1.29, 1.82) is 0 Å². The van der Waals surface area contributed by atoms with E-state index in [-0.39, 0.29) is 76.2 Å². The fraction of sp³-hybridized carbons (Fsp3) is 0.490. The maximum atomic E-state index is 15.1. The molecular formula is C49H54ClF10N7O8S2. The number of fused-ring (bicyclic) bond motifs is 1. The largest absolute Gasteiger partial charge is 0.431 e. The van der Waals surface area contributed by atoms with Gasteiger partial charge < -0.3 is 34.7 Å². The van der Waals surface area contributed by atoms with Crippen LogP contribution in [-0.4, -0.2) is 145 Å². The maximum Gasteiger partial charge on any atom is 0.431 e. The second-order valence-electron chi connectivity index (χ2n) is 17.4. The summed E-state index contributed by atoms with van der Waals surface area (Å²) in [5, 5.41) is 6.36. The monoisotopic (exact) mass is 1160 g/mol. The first-order chi connectivity index (χ1) is 36.2. The minimum atomic E-state index is -5.23. The van der Waals surface area contributed by atoms with Gasteiger partial charge in [0.2, 0.25) is 5.91 Å². The fourth-order valence-corrected chi connectivity index (χ4v) is 8.50. The molecule has 77 heavy (non-hydrogen) atoms. The van der Waals surface area contributed by atoms with Gasteiger partial charge in [0.1, 0.15) is 53.2 Å². The quantitative estimate of drug-likeness (QED) is 0.0280. The lowest BCUT2D eigenvalue weighted by Gasteiger charge is -2.23. The number of carbonyl (C=O) groups excluding carboxylic acids is 2. The van der Waals surface area contributed by atoms with Crippen LogP contribution in [0.1, 0.15) is 49.7 Å². The molecule has 0 bridgehead atoms. The summed E-state index contributed by atoms with van der Waals surface area (Å²) in [6.07, 6.45) is -9.86. The van der Waals surface area contributed by atoms with Crippen LogP contribution < -0.4 is 15.4 Å². The Kier molecular flexibility index (Phi) is 22.3. The van der Waals surface area contributed by atoms with E-state index in [0.29, 0.717) is 37.2 Å². The van der Waals surface area contributed by atoms with E-state index in [1.807, 2.05) is 0 Å². The highest BCUT2D eigenvalue weighted by Gasteiger charge is 2.48. The third kappa shape index (κ3) is 17.6. The molecule has 15 nitrogen and oxygen atoms in total. The predicted octanol–water partition coefficient (Wildman–Crippen LogP) is 8.47. The molecule has 0 saturated heterocycles. The van der Waals surface area contributed by atoms with E-state index in [9.17, 15) is 48.9 Å². The summed E-state index contributed by atoms with van der Waals surface area (Å²) in [4.78, 5) is 35.9. The van der Waals surface area contributed by atoms with Crippen molar-refractivity contribution in [2.75, 3.05) is 89.9 Å². The Morgan fingerprint density at radius 2 is 1.55 bits per heavy atom. The van der Waals surface area contributed by atoms with Crippen molar-refractivity contribution in [2.45, 2.75) is 68.7 Å². The number of hydrogen-bond donors (Lipinski definition) is 2. The molecule has 5 rings (SSSR count). The molecule has 422 valence electrons. The first-order valence-corrected chi connectivity index (χ1v) is 26.3. The van der Waals surface area contributed by atoms with Gasteiger partial charge >= 0.3 is 12.4 Å². The number of rotatable bonds is 25. The average molecular weight is 1160 g/mol. The number of halogens is 11. The molecule has 2 amide bonds. The van der Waals surface area contributed by atoms with Gasteiger partial charge in [-0.25, -0.2) is 18.1 Å². The standard InChI is InChI=1S/C49H54ClF10N7O8S2/c1-46(2,77(5)70)12-10-32-6-7-33(41(63-32)37(24-29-22-30(51)25-31(52)23-29)64-38(68)26-62-44-35(11-13-47(44,53)54)43(61)49(58,59)60)34-8-9-36(50)40-42(34)66(28-48(55,56)57)65-45(40)67(76-4)39(69)27-75-21-20-74-19-18-73-17-16-72-15-14-71-3/h6-9,22-23,25,37H,11,13-21,24,26-28,61H2,1-5H3,(H,64,68). The average Bonchev–Trinajstić information content (AvgIpc) is 3.85. The normalized spacial score (nSPS) is 15.9. The summed E-state index contributed by atoms with van der Waals surface area (Å²) in [7, 11) is 0.0168. The highest BCUT2D eigenvalue weighted by atomic mass is 35.5. The highest BCUT2D eigenvalue weighted by Crippen LogP contribution is 2.44. The molecule has 2 unspecified atom stereocenters. The zero-order chi connectivity index (χ0) is 56.9. The van der Waals surface area contributed by atoms with Crippen molar-refractivity contribution >= 4 is 68.6 Å². The number of aromatic nitrogens is 3. The Bertz CT molecular complexity index is 2870. The summed E-state index contributed by atoms with van der Waals surface area (Å²) < 4.78 is 184. The van der Waals surface area contributed by atoms with Crippen molar-refractivity contribution in [3.63, 3.8) is 0 Å². The lowest BCUT2D eigenvalue weighted by Crippen LogP contribution is -2.34. The Morgan fingerprint density at radius 3 is 2.12 bits per heavy atom. The number of aliphatic imine (C=N–C) groups is 1. The van der Waals surface area contributed by atoms with Crippen LogP contribution in [-0.2, 0) is 57.0 Å². The van der Waals surface area contributed by atoms with Crippen molar-refractivity contribution in [1.82, 2.24) is 20.1 Å². The van der Waals surface area contributed by atoms with Gasteiger partial charge in [0.25, 0.3) is 11.8 Å². The number of nitrogens with zero attached hydrogens (tertiary/aromatic N) is 5. The first kappa shape index (κ1) is 62.5. The number of carbonyl (C=O) groups is 2. The van der Waals surface area contributed by atoms with Gasteiger partial charge in [0, 0.05) is 59.6 Å². The van der Waals surface area contributed by atoms with E-state index >= 15 is 8.78 Å². The van der Waals surface area contributed by atoms with Gasteiger partial charge in [-0.05, 0) is 80.5 Å². The molecule has 2 heterocycles. The Labute approximate surface area is 448 Å². The number of alkyl halides is 8. The van der Waals surface area contributed by atoms with E-state index < -0.39 is 119 Å². The van der Waals surface area contributed by atoms with Crippen molar-refractivity contribution < 1.29 is 81.4 Å². The van der Waals surface area contributed by atoms with Crippen LogP contribution in [0, 0.1) is 23.5 Å². The molecule has 2 aromatic carbocycles. The van der Waals surface area contributed by atoms with Crippen LogP contribution in [0.5, 0.6) is 0 Å². The van der Waals surface area contributed by atoms with Crippen LogP contribution in [0.15, 0.2) is 58.7 Å². The van der Waals surface area contributed by atoms with Crippen molar-refractivity contribution in [3.8, 4) is 23.0 Å². The second kappa shape index (κ2) is 27.5. The molecule has 0 radical (unpaired) electrons. The van der Waals surface area contributed by atoms with E-state index in [1.54, 1.807) is 21.0 Å². The molecule has 1 fully saturated rings. The third-order valence-corrected chi connectivity index (χ3v) is 13.9. The van der Waals surface area contributed by atoms with Crippen molar-refractivity contribution in [2.24, 2.45) is 10.7 Å². The number of nitrogens with two attached hydrogens (primary N) is 1. The lowest BCUT2D eigenvalue weighted by atomic mass is 9.93. The number of nitrogens with one attached hydrogen (secondary N) is 1. The van der Waals surface area contributed by atoms with Gasteiger partial charge in [0.15, 0.2) is 5.82 Å². The zero-order valence-corrected chi connectivity index (χ0v) is 44.5. The SMILES string of the molecule is COCCOCCOCCOCCOCC(=O)N(SC)c1nn(CC(F)(F)F)c2c(-c3ccc(C#CC(C)(C)S(C)=O)nc3C(Cc3cc(F)cc(F)c3)NC(=O)CN=C3C(=C(N)C(F)(F)F)CCC3(F)F)ccc(Cl)c12. The van der Waals surface area contributed by atoms with Crippen LogP contribution >= 0.6 is 23.5 Å². The molecule has 2 aromatic heterocycles. The third-order valence-electron chi connectivity index (χ3n) is 11.3. The Morgan fingerprint density at radius 1 is 0.948 bits per heavy atom. The number of benzene rings is 2. The number of hydrogen-bond acceptors (Lipinski definition) is 13. The van der Waals surface area contributed by atoms with Gasteiger partial charge in [-0.3, -0.25) is 23.5 Å². The topological polar surface area (TPSA) is 182 Å². The molecule has 1 aliphatic carbocycles. The summed E-state index contributed by atoms with van der Waals surface area (Å²) >= 11 is 7.54. The molecular weight excluding hydrogens is 1100 g/mol. The Balaban J connectivity index is 1.61. The molecule has 0 aliphatic heterocycles. The van der Waals surface area contributed by atoms with Gasteiger partial charge in [-0.1, -0.05) is 23.6 Å². The second-order valence-corrected chi connectivity index (χ2v) is 20.4. The Hall–Kier alpha value is -5.34. The number of anilines is 1. The van der Waals surface area contributed by atoms with Crippen LogP contribution in [0.2, 0.25) is 5.02 Å². The van der Waals surface area contributed by atoms with Crippen molar-refractivity contribution in [3.05, 3.63) is 87.3 Å². The molecule has 1 aliphatic rings. The molecule has 3 N–H and O–H groups in total. The lowest BCUT2D eigenvalue weighted by molar-refractivity contribution is -0.141. The van der Waals surface area contributed by atoms with Crippen LogP contribution in [0.4, 0.5) is 49.7 Å². The summed E-state index contributed by atoms with van der Waals surface area (Å²) in [6.45, 7) is 1.46. The summed E-state index contributed by atoms with van der Waals surface area (Å²) in [5.41, 5.74) is -0.105. The number of pyridine rings is 1. The number of methoxy groups -OCH3 is 1. The van der Waals surface area contributed by atoms with Crippen LogP contribution in [0.25, 0.3) is 22.0 Å². The number of ether oxygens (including phenoxy) is 5. The van der Waals surface area contributed by atoms with E-state index in [0.717, 1.165) is 28.4 Å². The number of amides is 2. The van der Waals surface area contributed by atoms with Gasteiger partial charge in [-0.2, -0.15) is 40.2 Å². The molecule has 2 atom stereocenters. The molecule has 1 saturated carbocycles. The minimum Gasteiger partial charge on any atom is -0.394 e. The fourth-order valence-electron chi connectivity index (χ4n) is 7.51. The zero-order valence-electron chi connectivity index (χ0n) is 42.1. The predicted molar refractivity (Wildman–Crippen MR) is 270 cm³/mol. The summed E-state index contributed by atoms with van der Waals surface area (Å²) in [6, 6.07) is 5.90. The van der Waals surface area contributed by atoms with E-state index in [1.165, 1.54) is 36.8 Å². The minimum absolute atomic E-state index is 0.0460. The first-order valence-electron chi connectivity index (χ1n) is 23.2. The van der Waals surface area contributed by atoms with E-state index in [2.05, 4.69) is 32.2 Å². The molecule has 0 spiro atoms.